The fourth-order valence-corrected chi connectivity index (χ4v) is 3.28. The lowest BCUT2D eigenvalue weighted by molar-refractivity contribution is -0.140. The number of nitrogens with two attached hydrogens (primary N) is 3. The predicted molar refractivity (Wildman–Crippen MR) is 73.0 cm³/mol. The summed E-state index contributed by atoms with van der Waals surface area (Å²) in [5, 5.41) is 17.5. The highest BCUT2D eigenvalue weighted by Gasteiger charge is 2.32. The number of nitrogens with zero attached hydrogens (tertiary/aromatic N) is 1. The maximum Gasteiger partial charge on any atom is 0.327 e. The van der Waals surface area contributed by atoms with E-state index in [0.29, 0.717) is 0 Å². The lowest BCUT2D eigenvalue weighted by Crippen LogP contribution is -2.54. The van der Waals surface area contributed by atoms with E-state index < -0.39 is 36.1 Å². The SMILES string of the molecule is NC(=O)N(C(N)=O)[C@@H](CSSCC(N)C(=O)O)C(=O)O. The Kier molecular flexibility index (Phi) is 7.79. The number of carbonyl (C=O) groups excluding carboxylic acids is 2. The van der Waals surface area contributed by atoms with Gasteiger partial charge < -0.3 is 27.4 Å². The van der Waals surface area contributed by atoms with Crippen molar-refractivity contribution in [1.82, 2.24) is 4.90 Å². The Hall–Kier alpha value is -1.66. The number of aliphatic carboxylic acids is 2. The van der Waals surface area contributed by atoms with E-state index in [4.69, 9.17) is 27.4 Å². The zero-order valence-corrected chi connectivity index (χ0v) is 11.7. The molecule has 0 saturated heterocycles. The molecule has 0 radical (unpaired) electrons. The second-order valence-electron chi connectivity index (χ2n) is 3.41. The molecule has 20 heavy (non-hydrogen) atoms. The molecule has 0 aromatic heterocycles. The van der Waals surface area contributed by atoms with E-state index in [1.54, 1.807) is 0 Å². The largest absolute Gasteiger partial charge is 0.480 e. The van der Waals surface area contributed by atoms with Gasteiger partial charge in [-0.2, -0.15) is 0 Å². The zero-order chi connectivity index (χ0) is 15.9. The van der Waals surface area contributed by atoms with Gasteiger partial charge >= 0.3 is 24.0 Å². The van der Waals surface area contributed by atoms with Gasteiger partial charge in [0.15, 0.2) is 6.04 Å². The average molecular weight is 326 g/mol. The van der Waals surface area contributed by atoms with Crippen LogP contribution in [0.25, 0.3) is 0 Å². The second kappa shape index (κ2) is 8.50. The average Bonchev–Trinajstić information content (AvgIpc) is 2.30. The molecular weight excluding hydrogens is 312 g/mol. The molecule has 0 heterocycles. The first-order valence-corrected chi connectivity index (χ1v) is 7.51. The molecule has 0 saturated carbocycles. The summed E-state index contributed by atoms with van der Waals surface area (Å²) in [5.41, 5.74) is 15.0. The van der Waals surface area contributed by atoms with Crippen LogP contribution in [-0.2, 0) is 9.59 Å². The van der Waals surface area contributed by atoms with Crippen LogP contribution in [0, 0.1) is 0 Å². The standard InChI is InChI=1S/C8H14N4O6S2/c9-3(5(13)14)1-19-20-2-4(6(15)16)12(7(10)17)8(11)18/h3-4H,1-2,9H2,(H2,10,17)(H2,11,18)(H,13,14)(H,15,16)/t3?,4-/m0/s1. The van der Waals surface area contributed by atoms with Gasteiger partial charge in [0.05, 0.1) is 0 Å². The van der Waals surface area contributed by atoms with E-state index in [1.807, 2.05) is 0 Å². The fourth-order valence-electron chi connectivity index (χ4n) is 0.977. The summed E-state index contributed by atoms with van der Waals surface area (Å²) in [6.45, 7) is 0. The third kappa shape index (κ3) is 5.99. The summed E-state index contributed by atoms with van der Waals surface area (Å²) in [4.78, 5) is 43.6. The van der Waals surface area contributed by atoms with Crippen LogP contribution < -0.4 is 17.2 Å². The van der Waals surface area contributed by atoms with Gasteiger partial charge in [-0.3, -0.25) is 4.79 Å². The summed E-state index contributed by atoms with van der Waals surface area (Å²) < 4.78 is 0. The first kappa shape index (κ1) is 18.3. The van der Waals surface area contributed by atoms with Crippen LogP contribution in [0.15, 0.2) is 0 Å². The molecule has 2 atom stereocenters. The van der Waals surface area contributed by atoms with Crippen molar-refractivity contribution in [2.75, 3.05) is 11.5 Å². The molecule has 114 valence electrons. The second-order valence-corrected chi connectivity index (χ2v) is 5.97. The number of rotatable bonds is 8. The topological polar surface area (TPSA) is 190 Å². The minimum atomic E-state index is -1.54. The summed E-state index contributed by atoms with van der Waals surface area (Å²) in [6.07, 6.45) is 0. The molecule has 10 nitrogen and oxygen atoms in total. The third-order valence-corrected chi connectivity index (χ3v) is 4.38. The molecule has 0 aromatic carbocycles. The van der Waals surface area contributed by atoms with E-state index in [0.717, 1.165) is 21.6 Å². The predicted octanol–water partition coefficient (Wildman–Crippen LogP) is -1.31. The van der Waals surface area contributed by atoms with Crippen LogP contribution in [0.5, 0.6) is 0 Å². The zero-order valence-electron chi connectivity index (χ0n) is 10.1. The fraction of sp³-hybridized carbons (Fsp3) is 0.500. The Morgan fingerprint density at radius 1 is 0.950 bits per heavy atom. The van der Waals surface area contributed by atoms with Crippen molar-refractivity contribution in [1.29, 1.82) is 0 Å². The quantitative estimate of drug-likeness (QED) is 0.266. The Balaban J connectivity index is 4.50. The molecular formula is C8H14N4O6S2. The van der Waals surface area contributed by atoms with Crippen LogP contribution in [0.4, 0.5) is 9.59 Å². The van der Waals surface area contributed by atoms with Gasteiger partial charge in [0.25, 0.3) is 0 Å². The first-order valence-electron chi connectivity index (χ1n) is 5.02. The number of hydrogen-bond acceptors (Lipinski definition) is 7. The van der Waals surface area contributed by atoms with Crippen molar-refractivity contribution in [2.24, 2.45) is 17.2 Å². The number of carboxylic acid groups (broad SMARTS) is 2. The number of primary amides is 2. The van der Waals surface area contributed by atoms with Crippen LogP contribution in [0.1, 0.15) is 0 Å². The molecule has 0 bridgehead atoms. The maximum atomic E-state index is 11.0. The van der Waals surface area contributed by atoms with Crippen LogP contribution in [-0.4, -0.2) is 62.7 Å². The van der Waals surface area contributed by atoms with Crippen LogP contribution in [0.3, 0.4) is 0 Å². The number of amides is 4. The van der Waals surface area contributed by atoms with Gasteiger partial charge in [0.2, 0.25) is 0 Å². The van der Waals surface area contributed by atoms with Gasteiger partial charge in [-0.05, 0) is 0 Å². The van der Waals surface area contributed by atoms with E-state index in [1.165, 1.54) is 0 Å². The van der Waals surface area contributed by atoms with E-state index in [9.17, 15) is 19.2 Å². The molecule has 4 amide bonds. The molecule has 12 heteroatoms. The van der Waals surface area contributed by atoms with Crippen molar-refractivity contribution < 1.29 is 29.4 Å². The minimum absolute atomic E-state index is 0.0273. The van der Waals surface area contributed by atoms with Crippen molar-refractivity contribution >= 4 is 45.6 Å². The molecule has 0 spiro atoms. The lowest BCUT2D eigenvalue weighted by Gasteiger charge is -2.23. The van der Waals surface area contributed by atoms with Gasteiger partial charge in [-0.25, -0.2) is 19.3 Å². The molecule has 0 aliphatic rings. The summed E-state index contributed by atoms with van der Waals surface area (Å²) in [7, 11) is 1.93. The highest BCUT2D eigenvalue weighted by Crippen LogP contribution is 2.24. The Bertz CT molecular complexity index is 392. The lowest BCUT2D eigenvalue weighted by atomic mass is 10.3. The monoisotopic (exact) mass is 326 g/mol. The number of hydrogen-bond donors (Lipinski definition) is 5. The van der Waals surface area contributed by atoms with Crippen molar-refractivity contribution in [2.45, 2.75) is 12.1 Å². The highest BCUT2D eigenvalue weighted by atomic mass is 33.1. The molecule has 0 aliphatic carbocycles. The van der Waals surface area contributed by atoms with E-state index in [2.05, 4.69) is 0 Å². The summed E-state index contributed by atoms with van der Waals surface area (Å²) >= 11 is 0. The summed E-state index contributed by atoms with van der Waals surface area (Å²) in [6, 6.07) is -5.20. The van der Waals surface area contributed by atoms with E-state index in [-0.39, 0.29) is 16.4 Å². The molecule has 1 unspecified atom stereocenters. The number of imide groups is 1. The smallest absolute Gasteiger partial charge is 0.327 e. The molecule has 0 aliphatic heterocycles. The Labute approximate surface area is 121 Å². The first-order chi connectivity index (χ1) is 9.18. The normalized spacial score (nSPS) is 13.2. The summed E-state index contributed by atoms with van der Waals surface area (Å²) in [5.74, 6) is -2.83. The Morgan fingerprint density at radius 2 is 1.40 bits per heavy atom. The molecule has 8 N–H and O–H groups in total. The van der Waals surface area contributed by atoms with Gasteiger partial charge in [-0.1, -0.05) is 21.6 Å². The highest BCUT2D eigenvalue weighted by molar-refractivity contribution is 8.76. The van der Waals surface area contributed by atoms with Gasteiger partial charge in [0, 0.05) is 11.5 Å². The number of carbonyl (C=O) groups is 4. The number of urea groups is 2. The van der Waals surface area contributed by atoms with Gasteiger partial charge in [0.1, 0.15) is 6.04 Å². The molecule has 0 rings (SSSR count). The molecule has 0 aromatic rings. The third-order valence-electron chi connectivity index (χ3n) is 1.95. The van der Waals surface area contributed by atoms with Crippen LogP contribution >= 0.6 is 21.6 Å². The minimum Gasteiger partial charge on any atom is -0.480 e. The molecule has 0 fully saturated rings. The van der Waals surface area contributed by atoms with Crippen molar-refractivity contribution in [3.05, 3.63) is 0 Å². The van der Waals surface area contributed by atoms with E-state index >= 15 is 0 Å². The van der Waals surface area contributed by atoms with Crippen molar-refractivity contribution in [3.63, 3.8) is 0 Å². The Morgan fingerprint density at radius 3 is 1.75 bits per heavy atom. The van der Waals surface area contributed by atoms with Crippen molar-refractivity contribution in [3.8, 4) is 0 Å². The van der Waals surface area contributed by atoms with Gasteiger partial charge in [-0.15, -0.1) is 0 Å². The number of carboxylic acids is 2. The maximum absolute atomic E-state index is 11.0. The van der Waals surface area contributed by atoms with Crippen LogP contribution in [0.2, 0.25) is 0 Å².